The number of carbonyl (C=O) groups is 1. The monoisotopic (exact) mass is 303 g/mol. The number of amides is 1. The van der Waals surface area contributed by atoms with Crippen LogP contribution in [0.2, 0.25) is 10.0 Å². The van der Waals surface area contributed by atoms with Crippen LogP contribution in [0.5, 0.6) is 0 Å². The number of hydrogen-bond acceptors (Lipinski definition) is 2. The summed E-state index contributed by atoms with van der Waals surface area (Å²) in [5.41, 5.74) is 0.177. The number of benzene rings is 1. The summed E-state index contributed by atoms with van der Waals surface area (Å²) in [6, 6.07) is 4.78. The van der Waals surface area contributed by atoms with Crippen molar-refractivity contribution in [1.29, 1.82) is 0 Å². The molecule has 0 aromatic heterocycles. The zero-order valence-corrected chi connectivity index (χ0v) is 12.8. The Morgan fingerprint density at radius 2 is 2.05 bits per heavy atom. The van der Waals surface area contributed by atoms with Crippen LogP contribution in [0.25, 0.3) is 0 Å². The molecule has 1 aromatic rings. The van der Waals surface area contributed by atoms with Gasteiger partial charge in [0.2, 0.25) is 0 Å². The third-order valence-corrected chi connectivity index (χ3v) is 3.31. The molecule has 5 heteroatoms. The second kappa shape index (κ2) is 6.60. The highest BCUT2D eigenvalue weighted by Crippen LogP contribution is 2.23. The van der Waals surface area contributed by atoms with Crippen molar-refractivity contribution in [2.24, 2.45) is 5.41 Å². The van der Waals surface area contributed by atoms with Gasteiger partial charge in [0.1, 0.15) is 0 Å². The Labute approximate surface area is 123 Å². The van der Waals surface area contributed by atoms with E-state index in [9.17, 15) is 9.90 Å². The van der Waals surface area contributed by atoms with E-state index in [2.05, 4.69) is 5.32 Å². The van der Waals surface area contributed by atoms with E-state index in [1.54, 1.807) is 25.1 Å². The summed E-state index contributed by atoms with van der Waals surface area (Å²) < 4.78 is 0. The quantitative estimate of drug-likeness (QED) is 0.874. The first-order valence-electron chi connectivity index (χ1n) is 6.12. The molecular formula is C14H19Cl2NO2. The molecule has 1 atom stereocenters. The molecule has 0 bridgehead atoms. The van der Waals surface area contributed by atoms with E-state index in [0.29, 0.717) is 28.6 Å². The molecule has 1 aromatic carbocycles. The topological polar surface area (TPSA) is 49.3 Å². The van der Waals surface area contributed by atoms with Crippen LogP contribution >= 0.6 is 23.2 Å². The number of carbonyl (C=O) groups excluding carboxylic acids is 1. The molecule has 0 saturated heterocycles. The number of aliphatic hydroxyl groups is 1. The molecule has 0 heterocycles. The Kier molecular flexibility index (Phi) is 5.65. The van der Waals surface area contributed by atoms with Crippen molar-refractivity contribution in [3.05, 3.63) is 33.8 Å². The lowest BCUT2D eigenvalue weighted by atomic mass is 9.87. The lowest BCUT2D eigenvalue weighted by Gasteiger charge is -2.26. The van der Waals surface area contributed by atoms with Gasteiger partial charge in [-0.1, -0.05) is 37.0 Å². The molecule has 0 fully saturated rings. The van der Waals surface area contributed by atoms with Crippen molar-refractivity contribution < 1.29 is 9.90 Å². The van der Waals surface area contributed by atoms with Gasteiger partial charge >= 0.3 is 0 Å². The highest BCUT2D eigenvalue weighted by Gasteiger charge is 2.22. The Morgan fingerprint density at radius 1 is 1.42 bits per heavy atom. The standard InChI is InChI=1S/C14H19Cl2NO2/c1-9(18)7-14(2,3)8-17-13(19)11-6-10(15)4-5-12(11)16/h4-6,9,18H,7-8H2,1-3H3,(H,17,19)/t9-/m0/s1. The molecule has 0 saturated carbocycles. The smallest absolute Gasteiger partial charge is 0.252 e. The predicted molar refractivity (Wildman–Crippen MR) is 78.9 cm³/mol. The first-order valence-corrected chi connectivity index (χ1v) is 6.88. The van der Waals surface area contributed by atoms with E-state index in [0.717, 1.165) is 0 Å². The Bertz CT molecular complexity index is 459. The van der Waals surface area contributed by atoms with Crippen LogP contribution in [-0.2, 0) is 0 Å². The molecule has 106 valence electrons. The average Bonchev–Trinajstić information content (AvgIpc) is 2.27. The van der Waals surface area contributed by atoms with Gasteiger partial charge in [0.25, 0.3) is 5.91 Å². The van der Waals surface area contributed by atoms with Crippen LogP contribution in [-0.4, -0.2) is 23.7 Å². The van der Waals surface area contributed by atoms with Gasteiger partial charge < -0.3 is 10.4 Å². The maximum atomic E-state index is 12.0. The fraction of sp³-hybridized carbons (Fsp3) is 0.500. The van der Waals surface area contributed by atoms with Crippen molar-refractivity contribution >= 4 is 29.1 Å². The summed E-state index contributed by atoms with van der Waals surface area (Å²) >= 11 is 11.8. The molecule has 0 aliphatic carbocycles. The molecule has 0 spiro atoms. The number of nitrogens with one attached hydrogen (secondary N) is 1. The van der Waals surface area contributed by atoms with Crippen LogP contribution < -0.4 is 5.32 Å². The minimum Gasteiger partial charge on any atom is -0.393 e. The van der Waals surface area contributed by atoms with E-state index in [1.807, 2.05) is 13.8 Å². The van der Waals surface area contributed by atoms with Gasteiger partial charge in [0.15, 0.2) is 0 Å². The summed E-state index contributed by atoms with van der Waals surface area (Å²) in [7, 11) is 0. The van der Waals surface area contributed by atoms with Gasteiger partial charge in [-0.25, -0.2) is 0 Å². The van der Waals surface area contributed by atoms with E-state index in [-0.39, 0.29) is 11.3 Å². The van der Waals surface area contributed by atoms with Crippen LogP contribution in [0.3, 0.4) is 0 Å². The molecule has 2 N–H and O–H groups in total. The van der Waals surface area contributed by atoms with E-state index in [4.69, 9.17) is 23.2 Å². The van der Waals surface area contributed by atoms with Gasteiger partial charge in [0.05, 0.1) is 16.7 Å². The van der Waals surface area contributed by atoms with Crippen molar-refractivity contribution in [3.8, 4) is 0 Å². The van der Waals surface area contributed by atoms with Crippen LogP contribution in [0.15, 0.2) is 18.2 Å². The SMILES string of the molecule is C[C@H](O)CC(C)(C)CNC(=O)c1cc(Cl)ccc1Cl. The maximum absolute atomic E-state index is 12.0. The lowest BCUT2D eigenvalue weighted by molar-refractivity contribution is 0.0902. The van der Waals surface area contributed by atoms with Crippen LogP contribution in [0, 0.1) is 5.41 Å². The number of halogens is 2. The largest absolute Gasteiger partial charge is 0.393 e. The zero-order chi connectivity index (χ0) is 14.6. The molecule has 0 unspecified atom stereocenters. The first kappa shape index (κ1) is 16.3. The summed E-state index contributed by atoms with van der Waals surface area (Å²) in [5.74, 6) is -0.258. The third kappa shape index (κ3) is 5.39. The van der Waals surface area contributed by atoms with Crippen molar-refractivity contribution in [2.75, 3.05) is 6.54 Å². The van der Waals surface area contributed by atoms with E-state index in [1.165, 1.54) is 0 Å². The molecule has 1 rings (SSSR count). The normalized spacial score (nSPS) is 13.2. The summed E-state index contributed by atoms with van der Waals surface area (Å²) in [4.78, 5) is 12.0. The maximum Gasteiger partial charge on any atom is 0.252 e. The fourth-order valence-electron chi connectivity index (χ4n) is 1.96. The Morgan fingerprint density at radius 3 is 2.63 bits per heavy atom. The number of hydrogen-bond donors (Lipinski definition) is 2. The summed E-state index contributed by atoms with van der Waals surface area (Å²) in [5, 5.41) is 13.1. The van der Waals surface area contributed by atoms with Crippen molar-refractivity contribution in [2.45, 2.75) is 33.3 Å². The molecule has 0 aliphatic rings. The van der Waals surface area contributed by atoms with Gasteiger partial charge in [-0.05, 0) is 37.0 Å². The summed E-state index contributed by atoms with van der Waals surface area (Å²) in [6.45, 7) is 6.16. The summed E-state index contributed by atoms with van der Waals surface area (Å²) in [6.07, 6.45) is 0.206. The third-order valence-electron chi connectivity index (χ3n) is 2.75. The van der Waals surface area contributed by atoms with Crippen LogP contribution in [0.1, 0.15) is 37.6 Å². The molecule has 19 heavy (non-hydrogen) atoms. The highest BCUT2D eigenvalue weighted by molar-refractivity contribution is 6.35. The highest BCUT2D eigenvalue weighted by atomic mass is 35.5. The molecule has 0 aliphatic heterocycles. The minimum atomic E-state index is -0.401. The van der Waals surface area contributed by atoms with Gasteiger partial charge in [-0.3, -0.25) is 4.79 Å². The van der Waals surface area contributed by atoms with Gasteiger partial charge in [-0.15, -0.1) is 0 Å². The zero-order valence-electron chi connectivity index (χ0n) is 11.3. The molecule has 1 amide bonds. The van der Waals surface area contributed by atoms with Crippen LogP contribution in [0.4, 0.5) is 0 Å². The van der Waals surface area contributed by atoms with E-state index < -0.39 is 6.10 Å². The first-order chi connectivity index (χ1) is 8.71. The van der Waals surface area contributed by atoms with Gasteiger partial charge in [0, 0.05) is 11.6 Å². The molecule has 3 nitrogen and oxygen atoms in total. The van der Waals surface area contributed by atoms with Crippen molar-refractivity contribution in [1.82, 2.24) is 5.32 Å². The second-order valence-electron chi connectivity index (χ2n) is 5.52. The fourth-order valence-corrected chi connectivity index (χ4v) is 2.33. The molecular weight excluding hydrogens is 285 g/mol. The lowest BCUT2D eigenvalue weighted by Crippen LogP contribution is -2.35. The van der Waals surface area contributed by atoms with Crippen molar-refractivity contribution in [3.63, 3.8) is 0 Å². The predicted octanol–water partition coefficient (Wildman–Crippen LogP) is 3.52. The molecule has 0 radical (unpaired) electrons. The Balaban J connectivity index is 2.68. The van der Waals surface area contributed by atoms with Gasteiger partial charge in [-0.2, -0.15) is 0 Å². The minimum absolute atomic E-state index is 0.186. The Hall–Kier alpha value is -0.770. The second-order valence-corrected chi connectivity index (χ2v) is 6.37. The number of rotatable bonds is 5. The average molecular weight is 304 g/mol. The van der Waals surface area contributed by atoms with E-state index >= 15 is 0 Å². The number of aliphatic hydroxyl groups excluding tert-OH is 1.